The van der Waals surface area contributed by atoms with Gasteiger partial charge in [-0.15, -0.1) is 0 Å². The summed E-state index contributed by atoms with van der Waals surface area (Å²) in [6.07, 6.45) is -1.00. The fraction of sp³-hybridized carbons (Fsp3) is 0.739. The van der Waals surface area contributed by atoms with Crippen LogP contribution in [0.2, 0.25) is 0 Å². The van der Waals surface area contributed by atoms with Crippen molar-refractivity contribution in [3.8, 4) is 5.88 Å². The van der Waals surface area contributed by atoms with Gasteiger partial charge < -0.3 is 14.2 Å². The Kier molecular flexibility index (Phi) is 8.01. The molecule has 3 atom stereocenters. The topological polar surface area (TPSA) is 107 Å². The fourth-order valence-electron chi connectivity index (χ4n) is 5.30. The minimum absolute atomic E-state index is 0.0160. The Morgan fingerprint density at radius 3 is 2.47 bits per heavy atom. The largest absolute Gasteiger partial charge is 0.477 e. The standard InChI is InChI=1S/C23H32F3N3O6S/c1-14-12-19(28-36(2,31)32)20-13-35-16-6-4-15(5-7-16)18-9-8-17(23(24,25)26)21(27-18)33-10-3-11-34-22(30)29(14)20/h8-9,14-16,19-20,28H,3-7,10-13H2,1-2H3. The molecule has 1 N–H and O–H groups in total. The van der Waals surface area contributed by atoms with Gasteiger partial charge in [0.15, 0.2) is 0 Å². The number of pyridine rings is 1. The first-order chi connectivity index (χ1) is 16.9. The number of alkyl halides is 3. The number of halogens is 3. The maximum atomic E-state index is 13.5. The molecule has 1 aromatic heterocycles. The predicted octanol–water partition coefficient (Wildman–Crippen LogP) is 3.44. The molecule has 0 radical (unpaired) electrons. The molecule has 1 saturated carbocycles. The number of nitrogens with one attached hydrogen (secondary N) is 1. The molecule has 9 nitrogen and oxygen atoms in total. The summed E-state index contributed by atoms with van der Waals surface area (Å²) in [4.78, 5) is 18.6. The normalized spacial score (nSPS) is 30.3. The van der Waals surface area contributed by atoms with Gasteiger partial charge in [-0.1, -0.05) is 0 Å². The molecule has 5 rings (SSSR count). The third-order valence-electron chi connectivity index (χ3n) is 7.00. The summed E-state index contributed by atoms with van der Waals surface area (Å²) in [6.45, 7) is 1.77. The van der Waals surface area contributed by atoms with Crippen molar-refractivity contribution in [2.45, 2.75) is 81.8 Å². The number of sulfonamides is 1. The van der Waals surface area contributed by atoms with E-state index in [9.17, 15) is 26.4 Å². The zero-order valence-corrected chi connectivity index (χ0v) is 21.1. The van der Waals surface area contributed by atoms with Crippen LogP contribution >= 0.6 is 0 Å². The molecule has 4 bridgehead atoms. The molecule has 13 heteroatoms. The molecule has 1 aliphatic carbocycles. The Morgan fingerprint density at radius 2 is 1.81 bits per heavy atom. The van der Waals surface area contributed by atoms with E-state index in [0.717, 1.165) is 12.3 Å². The van der Waals surface area contributed by atoms with Crippen molar-refractivity contribution in [1.29, 1.82) is 0 Å². The molecule has 202 valence electrons. The van der Waals surface area contributed by atoms with Gasteiger partial charge in [-0.3, -0.25) is 4.90 Å². The van der Waals surface area contributed by atoms with Crippen LogP contribution in [-0.4, -0.2) is 74.7 Å². The van der Waals surface area contributed by atoms with E-state index in [0.29, 0.717) is 37.8 Å². The smallest absolute Gasteiger partial charge is 0.421 e. The lowest BCUT2D eigenvalue weighted by molar-refractivity contribution is -0.139. The molecule has 1 saturated heterocycles. The summed E-state index contributed by atoms with van der Waals surface area (Å²) in [5.41, 5.74) is -0.378. The molecule has 4 aliphatic rings. The molecule has 2 fully saturated rings. The van der Waals surface area contributed by atoms with Gasteiger partial charge in [0, 0.05) is 30.1 Å². The highest BCUT2D eigenvalue weighted by molar-refractivity contribution is 7.88. The van der Waals surface area contributed by atoms with Crippen molar-refractivity contribution in [3.63, 3.8) is 0 Å². The number of rotatable bonds is 2. The third-order valence-corrected chi connectivity index (χ3v) is 7.73. The monoisotopic (exact) mass is 535 g/mol. The van der Waals surface area contributed by atoms with Crippen LogP contribution in [0.5, 0.6) is 5.88 Å². The van der Waals surface area contributed by atoms with Crippen molar-refractivity contribution >= 4 is 16.1 Å². The van der Waals surface area contributed by atoms with Gasteiger partial charge >= 0.3 is 12.3 Å². The number of ether oxygens (including phenoxy) is 3. The van der Waals surface area contributed by atoms with Gasteiger partial charge in [-0.05, 0) is 51.2 Å². The number of fused-ring (bicyclic) bond motifs is 8. The van der Waals surface area contributed by atoms with Crippen LogP contribution in [0, 0.1) is 0 Å². The second-order valence-electron chi connectivity index (χ2n) is 9.77. The summed E-state index contributed by atoms with van der Waals surface area (Å²) >= 11 is 0. The van der Waals surface area contributed by atoms with Crippen molar-refractivity contribution in [1.82, 2.24) is 14.6 Å². The minimum atomic E-state index is -4.60. The van der Waals surface area contributed by atoms with E-state index < -0.39 is 45.8 Å². The fourth-order valence-corrected chi connectivity index (χ4v) is 6.11. The van der Waals surface area contributed by atoms with Crippen LogP contribution in [0.3, 0.4) is 0 Å². The lowest BCUT2D eigenvalue weighted by atomic mass is 9.85. The van der Waals surface area contributed by atoms with Gasteiger partial charge in [0.1, 0.15) is 5.56 Å². The Morgan fingerprint density at radius 1 is 1.11 bits per heavy atom. The predicted molar refractivity (Wildman–Crippen MR) is 123 cm³/mol. The Labute approximate surface area is 208 Å². The number of carbonyl (C=O) groups excluding carboxylic acids is 1. The van der Waals surface area contributed by atoms with Crippen molar-refractivity contribution in [2.24, 2.45) is 0 Å². The minimum Gasteiger partial charge on any atom is -0.477 e. The second kappa shape index (κ2) is 10.7. The summed E-state index contributed by atoms with van der Waals surface area (Å²) in [7, 11) is -3.51. The van der Waals surface area contributed by atoms with Crippen LogP contribution in [0.1, 0.15) is 62.6 Å². The molecular formula is C23H32F3N3O6S. The molecule has 36 heavy (non-hydrogen) atoms. The molecule has 3 aliphatic heterocycles. The Balaban J connectivity index is 1.55. The highest BCUT2D eigenvalue weighted by Crippen LogP contribution is 2.39. The number of hydrogen-bond acceptors (Lipinski definition) is 7. The van der Waals surface area contributed by atoms with E-state index in [1.807, 2.05) is 6.92 Å². The van der Waals surface area contributed by atoms with E-state index in [1.165, 1.54) is 11.0 Å². The molecular weight excluding hydrogens is 503 g/mol. The summed E-state index contributed by atoms with van der Waals surface area (Å²) < 4.78 is 83.9. The Hall–Kier alpha value is -2.12. The highest BCUT2D eigenvalue weighted by atomic mass is 32.2. The quantitative estimate of drug-likeness (QED) is 0.618. The van der Waals surface area contributed by atoms with E-state index in [-0.39, 0.29) is 44.3 Å². The van der Waals surface area contributed by atoms with E-state index in [1.54, 1.807) is 0 Å². The SMILES string of the molecule is CC1CC(NS(C)(=O)=O)C2COC3CCC(CC3)c3ccc(C(F)(F)F)c(n3)OCCCOC(=O)N12. The van der Waals surface area contributed by atoms with E-state index in [2.05, 4.69) is 9.71 Å². The maximum absolute atomic E-state index is 13.5. The number of carbonyl (C=O) groups is 1. The van der Waals surface area contributed by atoms with Gasteiger partial charge in [0.2, 0.25) is 15.9 Å². The zero-order valence-electron chi connectivity index (χ0n) is 20.3. The average molecular weight is 536 g/mol. The lowest BCUT2D eigenvalue weighted by Crippen LogP contribution is -2.50. The first-order valence-electron chi connectivity index (χ1n) is 12.2. The molecule has 0 spiro atoms. The van der Waals surface area contributed by atoms with Gasteiger partial charge in [-0.2, -0.15) is 13.2 Å². The van der Waals surface area contributed by atoms with Crippen molar-refractivity contribution in [2.75, 3.05) is 26.1 Å². The second-order valence-corrected chi connectivity index (χ2v) is 11.5. The van der Waals surface area contributed by atoms with Gasteiger partial charge in [-0.25, -0.2) is 22.9 Å². The molecule has 1 aromatic rings. The molecule has 0 aromatic carbocycles. The van der Waals surface area contributed by atoms with E-state index in [4.69, 9.17) is 14.2 Å². The lowest BCUT2D eigenvalue weighted by Gasteiger charge is -2.33. The van der Waals surface area contributed by atoms with Crippen LogP contribution < -0.4 is 9.46 Å². The Bertz CT molecular complexity index is 1050. The van der Waals surface area contributed by atoms with Crippen LogP contribution in [0.15, 0.2) is 12.1 Å². The van der Waals surface area contributed by atoms with Crippen molar-refractivity contribution < 1.29 is 40.6 Å². The number of nitrogens with zero attached hydrogens (tertiary/aromatic N) is 2. The summed E-state index contributed by atoms with van der Waals surface area (Å²) in [5, 5.41) is 0. The number of aromatic nitrogens is 1. The van der Waals surface area contributed by atoms with Crippen molar-refractivity contribution in [3.05, 3.63) is 23.4 Å². The molecule has 3 unspecified atom stereocenters. The molecule has 4 heterocycles. The maximum Gasteiger partial charge on any atom is 0.421 e. The number of amides is 1. The summed E-state index contributed by atoms with van der Waals surface area (Å²) in [5.74, 6) is -0.477. The third kappa shape index (κ3) is 6.41. The van der Waals surface area contributed by atoms with E-state index >= 15 is 0 Å². The van der Waals surface area contributed by atoms with Crippen LogP contribution in [-0.2, 0) is 25.7 Å². The first-order valence-corrected chi connectivity index (χ1v) is 14.1. The average Bonchev–Trinajstić information content (AvgIpc) is 3.09. The highest BCUT2D eigenvalue weighted by Gasteiger charge is 2.44. The number of hydrogen-bond donors (Lipinski definition) is 1. The molecule has 1 amide bonds. The van der Waals surface area contributed by atoms with Crippen LogP contribution in [0.4, 0.5) is 18.0 Å². The van der Waals surface area contributed by atoms with Gasteiger partial charge in [0.05, 0.1) is 38.2 Å². The first kappa shape index (κ1) is 26.9. The van der Waals surface area contributed by atoms with Crippen LogP contribution in [0.25, 0.3) is 0 Å². The zero-order chi connectivity index (χ0) is 26.1. The van der Waals surface area contributed by atoms with Gasteiger partial charge in [0.25, 0.3) is 0 Å². The summed E-state index contributed by atoms with van der Waals surface area (Å²) in [6, 6.07) is 1.07.